The molecule has 0 saturated carbocycles. The Labute approximate surface area is 85.2 Å². The Balaban J connectivity index is 2.55. The maximum atomic E-state index is 3.20. The van der Waals surface area contributed by atoms with Gasteiger partial charge in [0.1, 0.15) is 0 Å². The molecule has 0 unspecified atom stereocenters. The standard InChI is InChI=1S/C14H12/c1-11-6-5-8-13(10-11)14-9-4-3-7-12(14)2/h3-4,6,8-10H,1-2H3. The fourth-order valence-corrected chi connectivity index (χ4v) is 1.58. The molecule has 0 fully saturated rings. The first-order chi connectivity index (χ1) is 6.77. The van der Waals surface area contributed by atoms with Gasteiger partial charge < -0.3 is 0 Å². The van der Waals surface area contributed by atoms with Crippen LogP contribution in [0.4, 0.5) is 0 Å². The first-order valence-electron chi connectivity index (χ1n) is 4.73. The summed E-state index contributed by atoms with van der Waals surface area (Å²) in [5.41, 5.74) is 4.89. The molecule has 2 aromatic rings. The average molecular weight is 180 g/mol. The van der Waals surface area contributed by atoms with E-state index in [0.717, 1.165) is 0 Å². The third kappa shape index (κ3) is 1.69. The molecule has 0 aliphatic heterocycles. The summed E-state index contributed by atoms with van der Waals surface area (Å²) in [6.45, 7) is 4.17. The number of rotatable bonds is 1. The molecule has 0 heteroatoms. The van der Waals surface area contributed by atoms with Crippen molar-refractivity contribution < 1.29 is 0 Å². The van der Waals surface area contributed by atoms with Crippen molar-refractivity contribution in [2.24, 2.45) is 0 Å². The van der Waals surface area contributed by atoms with Gasteiger partial charge in [-0.3, -0.25) is 0 Å². The highest BCUT2D eigenvalue weighted by Gasteiger charge is 2.00. The summed E-state index contributed by atoms with van der Waals surface area (Å²) in [6, 6.07) is 18.6. The van der Waals surface area contributed by atoms with Crippen LogP contribution in [0.1, 0.15) is 11.1 Å². The number of aryl methyl sites for hydroxylation is 2. The van der Waals surface area contributed by atoms with Crippen molar-refractivity contribution in [3.63, 3.8) is 0 Å². The smallest absolute Gasteiger partial charge is 0.0146 e. The van der Waals surface area contributed by atoms with Crippen molar-refractivity contribution in [3.05, 3.63) is 59.7 Å². The van der Waals surface area contributed by atoms with Gasteiger partial charge in [0.25, 0.3) is 0 Å². The van der Waals surface area contributed by atoms with Crippen molar-refractivity contribution in [1.29, 1.82) is 0 Å². The quantitative estimate of drug-likeness (QED) is 0.629. The molecular formula is C14H12. The summed E-state index contributed by atoms with van der Waals surface area (Å²) in [7, 11) is 0. The lowest BCUT2D eigenvalue weighted by atomic mass is 9.99. The van der Waals surface area contributed by atoms with E-state index in [-0.39, 0.29) is 0 Å². The topological polar surface area (TPSA) is 0 Å². The van der Waals surface area contributed by atoms with Crippen LogP contribution >= 0.6 is 0 Å². The zero-order valence-corrected chi connectivity index (χ0v) is 8.46. The Bertz CT molecular complexity index is 441. The van der Waals surface area contributed by atoms with Gasteiger partial charge in [-0.25, -0.2) is 0 Å². The first-order valence-corrected chi connectivity index (χ1v) is 4.73. The van der Waals surface area contributed by atoms with Crippen LogP contribution in [0.25, 0.3) is 11.1 Å². The highest BCUT2D eigenvalue weighted by molar-refractivity contribution is 5.67. The minimum Gasteiger partial charge on any atom is -0.0610 e. The highest BCUT2D eigenvalue weighted by atomic mass is 14.0. The molecule has 0 spiro atoms. The van der Waals surface area contributed by atoms with Crippen LogP contribution in [-0.4, -0.2) is 0 Å². The zero-order valence-electron chi connectivity index (χ0n) is 8.46. The Morgan fingerprint density at radius 2 is 2.00 bits per heavy atom. The van der Waals surface area contributed by atoms with E-state index in [9.17, 15) is 0 Å². The normalized spacial score (nSPS) is 10.1. The van der Waals surface area contributed by atoms with Gasteiger partial charge >= 0.3 is 0 Å². The molecule has 0 aliphatic rings. The largest absolute Gasteiger partial charge is 0.0610 e. The molecule has 0 amide bonds. The minimum atomic E-state index is 1.19. The lowest BCUT2D eigenvalue weighted by Gasteiger charge is -2.05. The molecule has 0 aromatic heterocycles. The Morgan fingerprint density at radius 3 is 2.71 bits per heavy atom. The van der Waals surface area contributed by atoms with E-state index in [1.165, 1.54) is 22.3 Å². The summed E-state index contributed by atoms with van der Waals surface area (Å²) in [4.78, 5) is 0. The molecule has 2 radical (unpaired) electrons. The van der Waals surface area contributed by atoms with Crippen LogP contribution in [0.5, 0.6) is 0 Å². The van der Waals surface area contributed by atoms with Crippen LogP contribution in [-0.2, 0) is 0 Å². The molecular weight excluding hydrogens is 168 g/mol. The van der Waals surface area contributed by atoms with Gasteiger partial charge in [-0.05, 0) is 54.3 Å². The molecule has 0 bridgehead atoms. The third-order valence-corrected chi connectivity index (χ3v) is 2.31. The predicted octanol–water partition coefficient (Wildman–Crippen LogP) is 3.57. The number of benzene rings is 2. The lowest BCUT2D eigenvalue weighted by molar-refractivity contribution is 1.42. The van der Waals surface area contributed by atoms with Gasteiger partial charge in [-0.15, -0.1) is 0 Å². The molecule has 0 N–H and O–H groups in total. The lowest BCUT2D eigenvalue weighted by Crippen LogP contribution is -1.83. The van der Waals surface area contributed by atoms with Crippen molar-refractivity contribution >= 4 is 0 Å². The van der Waals surface area contributed by atoms with Crippen LogP contribution in [0.2, 0.25) is 0 Å². The van der Waals surface area contributed by atoms with Crippen molar-refractivity contribution in [2.75, 3.05) is 0 Å². The second kappa shape index (κ2) is 3.67. The van der Waals surface area contributed by atoms with E-state index < -0.39 is 0 Å². The van der Waals surface area contributed by atoms with Crippen LogP contribution in [0.3, 0.4) is 0 Å². The van der Waals surface area contributed by atoms with Crippen LogP contribution < -0.4 is 0 Å². The molecule has 0 nitrogen and oxygen atoms in total. The van der Waals surface area contributed by atoms with E-state index in [1.807, 2.05) is 24.3 Å². The minimum absolute atomic E-state index is 1.19. The van der Waals surface area contributed by atoms with Crippen LogP contribution in [0, 0.1) is 26.0 Å². The summed E-state index contributed by atoms with van der Waals surface area (Å²) in [5, 5.41) is 0. The summed E-state index contributed by atoms with van der Waals surface area (Å²) < 4.78 is 0. The molecule has 0 atom stereocenters. The van der Waals surface area contributed by atoms with Gasteiger partial charge in [0.15, 0.2) is 0 Å². The fraction of sp³-hybridized carbons (Fsp3) is 0.143. The molecule has 2 aromatic carbocycles. The number of hydrogen-bond donors (Lipinski definition) is 0. The summed E-state index contributed by atoms with van der Waals surface area (Å²) in [5.74, 6) is 0. The second-order valence-corrected chi connectivity index (χ2v) is 3.51. The maximum absolute atomic E-state index is 3.20. The molecule has 14 heavy (non-hydrogen) atoms. The predicted molar refractivity (Wildman–Crippen MR) is 59.0 cm³/mol. The monoisotopic (exact) mass is 180 g/mol. The van der Waals surface area contributed by atoms with Gasteiger partial charge in [0.05, 0.1) is 0 Å². The van der Waals surface area contributed by atoms with Crippen LogP contribution in [0.15, 0.2) is 36.4 Å². The Kier molecular flexibility index (Phi) is 2.36. The van der Waals surface area contributed by atoms with E-state index in [2.05, 4.69) is 38.1 Å². The SMILES string of the molecule is Cc1c[c]cc(-c2ccc[c]c2C)c1. The zero-order chi connectivity index (χ0) is 9.97. The fourth-order valence-electron chi connectivity index (χ4n) is 1.58. The first kappa shape index (κ1) is 9.01. The van der Waals surface area contributed by atoms with E-state index in [4.69, 9.17) is 0 Å². The van der Waals surface area contributed by atoms with Crippen molar-refractivity contribution in [1.82, 2.24) is 0 Å². The average Bonchev–Trinajstić information content (AvgIpc) is 2.18. The summed E-state index contributed by atoms with van der Waals surface area (Å²) in [6.07, 6.45) is 0. The van der Waals surface area contributed by atoms with Gasteiger partial charge in [0, 0.05) is 0 Å². The molecule has 68 valence electrons. The van der Waals surface area contributed by atoms with Gasteiger partial charge in [0.2, 0.25) is 0 Å². The number of hydrogen-bond acceptors (Lipinski definition) is 0. The van der Waals surface area contributed by atoms with E-state index >= 15 is 0 Å². The highest BCUT2D eigenvalue weighted by Crippen LogP contribution is 2.22. The van der Waals surface area contributed by atoms with E-state index in [0.29, 0.717) is 0 Å². The van der Waals surface area contributed by atoms with Crippen molar-refractivity contribution in [2.45, 2.75) is 13.8 Å². The maximum Gasteiger partial charge on any atom is -0.0146 e. The summed E-state index contributed by atoms with van der Waals surface area (Å²) >= 11 is 0. The molecule has 0 heterocycles. The third-order valence-electron chi connectivity index (χ3n) is 2.31. The molecule has 0 saturated heterocycles. The Morgan fingerprint density at radius 1 is 1.14 bits per heavy atom. The van der Waals surface area contributed by atoms with Crippen molar-refractivity contribution in [3.8, 4) is 11.1 Å². The Hall–Kier alpha value is -1.56. The second-order valence-electron chi connectivity index (χ2n) is 3.51. The molecule has 2 rings (SSSR count). The van der Waals surface area contributed by atoms with Gasteiger partial charge in [-0.1, -0.05) is 30.3 Å². The molecule has 0 aliphatic carbocycles. The van der Waals surface area contributed by atoms with E-state index in [1.54, 1.807) is 0 Å². The van der Waals surface area contributed by atoms with Gasteiger partial charge in [-0.2, -0.15) is 0 Å².